The van der Waals surface area contributed by atoms with Gasteiger partial charge in [-0.1, -0.05) is 0 Å². The van der Waals surface area contributed by atoms with Crippen molar-refractivity contribution in [3.05, 3.63) is 0 Å². The minimum absolute atomic E-state index is 0.920. The van der Waals surface area contributed by atoms with Crippen LogP contribution in [-0.2, 0) is 32.3 Å². The quantitative estimate of drug-likeness (QED) is 0.112. The fourth-order valence-electron chi connectivity index (χ4n) is 3.92. The number of phosphoric ester groups is 1. The molecule has 20 heteroatoms. The van der Waals surface area contributed by atoms with Gasteiger partial charge in [-0.15, -0.1) is 0 Å². The van der Waals surface area contributed by atoms with Gasteiger partial charge >= 0.3 is 7.82 Å². The zero-order valence-electron chi connectivity index (χ0n) is 19.5. The van der Waals surface area contributed by atoms with Crippen molar-refractivity contribution in [2.24, 2.45) is 0 Å². The Morgan fingerprint density at radius 3 is 0.895 bits per heavy atom. The van der Waals surface area contributed by atoms with Gasteiger partial charge in [0.25, 0.3) is 0 Å². The zero-order chi connectivity index (χ0) is 28.5. The highest BCUT2D eigenvalue weighted by atomic mass is 31.2. The molecule has 0 aliphatic carbocycles. The van der Waals surface area contributed by atoms with Crippen LogP contribution in [0.15, 0.2) is 0 Å². The molecule has 0 aromatic rings. The zero-order valence-corrected chi connectivity index (χ0v) is 20.3. The Labute approximate surface area is 214 Å². The Morgan fingerprint density at radius 1 is 0.447 bits per heavy atom. The SMILES string of the molecule is O=P(O[C@H]1O[C@H](CO)[C@@H](O)[C@H](O)[C@@H]1O)(O[C@H]1O[C@H](CO)[C@@H](O)[C@H](O)[C@@H]1O)O[C@H]1O[C@H](CO)[C@@H](O)[C@H](O)[C@@H]1O. The van der Waals surface area contributed by atoms with Crippen LogP contribution in [0.25, 0.3) is 0 Å². The van der Waals surface area contributed by atoms with Crippen LogP contribution in [0, 0.1) is 0 Å². The highest BCUT2D eigenvalue weighted by Gasteiger charge is 2.54. The molecule has 0 saturated carbocycles. The predicted molar refractivity (Wildman–Crippen MR) is 112 cm³/mol. The van der Waals surface area contributed by atoms with Crippen LogP contribution in [0.1, 0.15) is 0 Å². The van der Waals surface area contributed by atoms with E-state index in [0.717, 1.165) is 0 Å². The van der Waals surface area contributed by atoms with E-state index in [1.165, 1.54) is 0 Å². The smallest absolute Gasteiger partial charge is 0.394 e. The standard InChI is InChI=1S/C18H33O19P/c19-1-4-7(22)10(25)13(28)16(32-4)35-38(31,36-17-14(29)11(26)8(23)5(2-20)33-17)37-18-15(30)12(27)9(24)6(3-21)34-18/h4-30H,1-3H2/t4-,5-,6-,7-,8-,9-,10+,11+,12+,13+,14+,15+,16-,17-,18-/m1/s1. The first-order valence-corrected chi connectivity index (χ1v) is 12.8. The molecule has 224 valence electrons. The Hall–Kier alpha value is -0.490. The molecule has 0 spiro atoms. The summed E-state index contributed by atoms with van der Waals surface area (Å²) in [5.74, 6) is 0. The van der Waals surface area contributed by atoms with Gasteiger partial charge in [0.2, 0.25) is 0 Å². The fourth-order valence-corrected chi connectivity index (χ4v) is 5.36. The van der Waals surface area contributed by atoms with Crippen LogP contribution in [-0.4, -0.2) is 173 Å². The van der Waals surface area contributed by atoms with Gasteiger partial charge in [-0.3, -0.25) is 13.6 Å². The summed E-state index contributed by atoms with van der Waals surface area (Å²) in [5, 5.41) is 119. The molecule has 3 fully saturated rings. The van der Waals surface area contributed by atoms with Gasteiger partial charge in [0.05, 0.1) is 19.8 Å². The average Bonchev–Trinajstić information content (AvgIpc) is 2.89. The van der Waals surface area contributed by atoms with E-state index in [-0.39, 0.29) is 0 Å². The Morgan fingerprint density at radius 2 is 0.684 bits per heavy atom. The van der Waals surface area contributed by atoms with Crippen LogP contribution in [0.2, 0.25) is 0 Å². The summed E-state index contributed by atoms with van der Waals surface area (Å²) in [6, 6.07) is 0. The van der Waals surface area contributed by atoms with E-state index in [4.69, 9.17) is 27.8 Å². The maximum atomic E-state index is 13.7. The summed E-state index contributed by atoms with van der Waals surface area (Å²) < 4.78 is 44.2. The van der Waals surface area contributed by atoms with E-state index < -0.39 is 120 Å². The third kappa shape index (κ3) is 6.52. The first-order valence-electron chi connectivity index (χ1n) is 11.3. The van der Waals surface area contributed by atoms with Gasteiger partial charge in [-0.05, 0) is 0 Å². The second-order valence-corrected chi connectivity index (χ2v) is 10.4. The molecule has 15 atom stereocenters. The van der Waals surface area contributed by atoms with Crippen molar-refractivity contribution < 1.29 is 93.6 Å². The van der Waals surface area contributed by atoms with E-state index in [1.54, 1.807) is 0 Å². The van der Waals surface area contributed by atoms with Gasteiger partial charge in [0.15, 0.2) is 18.9 Å². The van der Waals surface area contributed by atoms with E-state index in [1.807, 2.05) is 0 Å². The van der Waals surface area contributed by atoms with E-state index in [9.17, 15) is 65.8 Å². The molecule has 0 unspecified atom stereocenters. The van der Waals surface area contributed by atoms with Gasteiger partial charge in [0.1, 0.15) is 73.2 Å². The summed E-state index contributed by atoms with van der Waals surface area (Å²) in [7, 11) is -5.46. The first-order chi connectivity index (χ1) is 17.8. The monoisotopic (exact) mass is 584 g/mol. The van der Waals surface area contributed by atoms with Crippen molar-refractivity contribution in [1.29, 1.82) is 0 Å². The molecule has 0 aromatic heterocycles. The molecule has 3 rings (SSSR count). The van der Waals surface area contributed by atoms with E-state index >= 15 is 0 Å². The molecular weight excluding hydrogens is 551 g/mol. The number of hydrogen-bond acceptors (Lipinski definition) is 19. The van der Waals surface area contributed by atoms with Crippen LogP contribution >= 0.6 is 7.82 Å². The topological polar surface area (TPSA) is 315 Å². The highest BCUT2D eigenvalue weighted by Crippen LogP contribution is 2.56. The van der Waals surface area contributed by atoms with Crippen LogP contribution in [0.5, 0.6) is 0 Å². The molecule has 3 aliphatic rings. The third-order valence-corrected chi connectivity index (χ3v) is 7.64. The Kier molecular flexibility index (Phi) is 11.0. The normalized spacial score (nSPS) is 48.7. The lowest BCUT2D eigenvalue weighted by molar-refractivity contribution is -0.311. The maximum Gasteiger partial charge on any atom is 0.482 e. The van der Waals surface area contributed by atoms with Crippen molar-refractivity contribution >= 4 is 7.82 Å². The van der Waals surface area contributed by atoms with Crippen LogP contribution in [0.3, 0.4) is 0 Å². The summed E-state index contributed by atoms with van der Waals surface area (Å²) in [4.78, 5) is 0. The molecule has 3 heterocycles. The largest absolute Gasteiger partial charge is 0.482 e. The lowest BCUT2D eigenvalue weighted by Gasteiger charge is -2.44. The Bertz CT molecular complexity index is 700. The molecule has 19 nitrogen and oxygen atoms in total. The Balaban J connectivity index is 1.91. The highest BCUT2D eigenvalue weighted by molar-refractivity contribution is 7.48. The second kappa shape index (κ2) is 13.0. The molecule has 0 bridgehead atoms. The molecular formula is C18H33O19P. The number of hydrogen-bond donors (Lipinski definition) is 12. The molecule has 3 aliphatic heterocycles. The first kappa shape index (κ1) is 32.0. The van der Waals surface area contributed by atoms with Crippen molar-refractivity contribution in [2.45, 2.75) is 92.1 Å². The minimum atomic E-state index is -5.46. The molecule has 0 radical (unpaired) electrons. The van der Waals surface area contributed by atoms with Crippen molar-refractivity contribution in [3.8, 4) is 0 Å². The number of aliphatic hydroxyl groups excluding tert-OH is 12. The lowest BCUT2D eigenvalue weighted by Crippen LogP contribution is -2.60. The van der Waals surface area contributed by atoms with Crippen molar-refractivity contribution in [3.63, 3.8) is 0 Å². The fraction of sp³-hybridized carbons (Fsp3) is 1.00. The summed E-state index contributed by atoms with van der Waals surface area (Å²) in [6.07, 6.45) is -29.5. The summed E-state index contributed by atoms with van der Waals surface area (Å²) in [6.45, 7) is -2.76. The molecule has 12 N–H and O–H groups in total. The van der Waals surface area contributed by atoms with Crippen LogP contribution in [0.4, 0.5) is 0 Å². The minimum Gasteiger partial charge on any atom is -0.394 e. The van der Waals surface area contributed by atoms with Gasteiger partial charge in [-0.25, -0.2) is 4.57 Å². The van der Waals surface area contributed by atoms with E-state index in [0.29, 0.717) is 0 Å². The summed E-state index contributed by atoms with van der Waals surface area (Å²) >= 11 is 0. The van der Waals surface area contributed by atoms with Gasteiger partial charge < -0.3 is 75.5 Å². The number of aliphatic hydroxyl groups is 12. The lowest BCUT2D eigenvalue weighted by atomic mass is 9.99. The molecule has 38 heavy (non-hydrogen) atoms. The summed E-state index contributed by atoms with van der Waals surface area (Å²) in [5.41, 5.74) is 0. The molecule has 0 aromatic carbocycles. The average molecular weight is 584 g/mol. The number of ether oxygens (including phenoxy) is 3. The van der Waals surface area contributed by atoms with Crippen molar-refractivity contribution in [2.75, 3.05) is 19.8 Å². The van der Waals surface area contributed by atoms with Crippen LogP contribution < -0.4 is 0 Å². The number of phosphoric acid groups is 1. The van der Waals surface area contributed by atoms with Gasteiger partial charge in [0, 0.05) is 0 Å². The van der Waals surface area contributed by atoms with Crippen molar-refractivity contribution in [1.82, 2.24) is 0 Å². The maximum absolute atomic E-state index is 13.7. The molecule has 0 amide bonds. The molecule has 3 saturated heterocycles. The van der Waals surface area contributed by atoms with E-state index in [2.05, 4.69) is 0 Å². The third-order valence-electron chi connectivity index (χ3n) is 6.24. The predicted octanol–water partition coefficient (Wildman–Crippen LogP) is -7.46. The second-order valence-electron chi connectivity index (χ2n) is 8.86. The van der Waals surface area contributed by atoms with Gasteiger partial charge in [-0.2, -0.15) is 0 Å². The number of rotatable bonds is 9.